The molecule has 0 aliphatic heterocycles. The van der Waals surface area contributed by atoms with Gasteiger partial charge in [-0.15, -0.1) is 0 Å². The van der Waals surface area contributed by atoms with Gasteiger partial charge >= 0.3 is 0 Å². The highest BCUT2D eigenvalue weighted by atomic mass is 16.5. The van der Waals surface area contributed by atoms with Gasteiger partial charge in [0.05, 0.1) is 13.2 Å². The molecule has 0 unspecified atom stereocenters. The van der Waals surface area contributed by atoms with Crippen molar-refractivity contribution in [3.05, 3.63) is 71.3 Å². The lowest BCUT2D eigenvalue weighted by molar-refractivity contribution is 0.106. The van der Waals surface area contributed by atoms with Crippen molar-refractivity contribution in [3.63, 3.8) is 0 Å². The summed E-state index contributed by atoms with van der Waals surface area (Å²) in [5.41, 5.74) is 3.81. The second kappa shape index (κ2) is 8.60. The second-order valence-electron chi connectivity index (χ2n) is 5.77. The Labute approximate surface area is 128 Å². The Balaban J connectivity index is 1.84. The van der Waals surface area contributed by atoms with Crippen molar-refractivity contribution in [2.24, 2.45) is 5.92 Å². The summed E-state index contributed by atoms with van der Waals surface area (Å²) in [5.74, 6) is 0.673. The monoisotopic (exact) mass is 283 g/mol. The van der Waals surface area contributed by atoms with E-state index in [2.05, 4.69) is 55.6 Å². The van der Waals surface area contributed by atoms with Crippen molar-refractivity contribution >= 4 is 0 Å². The van der Waals surface area contributed by atoms with E-state index in [0.717, 1.165) is 13.1 Å². The van der Waals surface area contributed by atoms with Crippen LogP contribution in [-0.4, -0.2) is 6.54 Å². The van der Waals surface area contributed by atoms with Crippen molar-refractivity contribution in [1.82, 2.24) is 5.32 Å². The third kappa shape index (κ3) is 5.70. The Morgan fingerprint density at radius 1 is 0.857 bits per heavy atom. The molecule has 0 saturated heterocycles. The zero-order valence-corrected chi connectivity index (χ0v) is 13.0. The molecule has 0 heterocycles. The summed E-state index contributed by atoms with van der Waals surface area (Å²) >= 11 is 0. The standard InChI is InChI=1S/C19H25NO/c1-16(2)12-20-13-18-10-6-7-11-19(18)15-21-14-17-8-4-3-5-9-17/h3-11,16,20H,12-15H2,1-2H3. The van der Waals surface area contributed by atoms with E-state index in [4.69, 9.17) is 4.74 Å². The molecule has 0 aliphatic carbocycles. The Morgan fingerprint density at radius 2 is 1.52 bits per heavy atom. The van der Waals surface area contributed by atoms with Crippen LogP contribution in [0.3, 0.4) is 0 Å². The molecule has 0 bridgehead atoms. The third-order valence-electron chi connectivity index (χ3n) is 3.36. The first-order valence-corrected chi connectivity index (χ1v) is 7.65. The fourth-order valence-corrected chi connectivity index (χ4v) is 2.22. The zero-order chi connectivity index (χ0) is 14.9. The summed E-state index contributed by atoms with van der Waals surface area (Å²) in [5, 5.41) is 3.49. The molecular weight excluding hydrogens is 258 g/mol. The highest BCUT2D eigenvalue weighted by molar-refractivity contribution is 5.26. The maximum Gasteiger partial charge on any atom is 0.0724 e. The van der Waals surface area contributed by atoms with Crippen LogP contribution in [0.5, 0.6) is 0 Å². The van der Waals surface area contributed by atoms with E-state index in [0.29, 0.717) is 19.1 Å². The summed E-state index contributed by atoms with van der Waals surface area (Å²) < 4.78 is 5.85. The fourth-order valence-electron chi connectivity index (χ4n) is 2.22. The molecule has 2 rings (SSSR count). The number of hydrogen-bond donors (Lipinski definition) is 1. The van der Waals surface area contributed by atoms with Gasteiger partial charge in [0.2, 0.25) is 0 Å². The second-order valence-corrected chi connectivity index (χ2v) is 5.77. The Morgan fingerprint density at radius 3 is 2.24 bits per heavy atom. The summed E-state index contributed by atoms with van der Waals surface area (Å²) in [7, 11) is 0. The van der Waals surface area contributed by atoms with Crippen molar-refractivity contribution in [2.45, 2.75) is 33.6 Å². The molecule has 1 N–H and O–H groups in total. The lowest BCUT2D eigenvalue weighted by Gasteiger charge is -2.12. The summed E-state index contributed by atoms with van der Waals surface area (Å²) in [6.45, 7) is 7.72. The molecule has 0 aliphatic rings. The molecular formula is C19H25NO. The zero-order valence-electron chi connectivity index (χ0n) is 13.0. The molecule has 112 valence electrons. The van der Waals surface area contributed by atoms with Gasteiger partial charge in [-0.25, -0.2) is 0 Å². The van der Waals surface area contributed by atoms with Crippen LogP contribution in [0.4, 0.5) is 0 Å². The molecule has 21 heavy (non-hydrogen) atoms. The molecule has 0 aromatic heterocycles. The lowest BCUT2D eigenvalue weighted by atomic mass is 10.1. The van der Waals surface area contributed by atoms with Crippen LogP contribution in [-0.2, 0) is 24.5 Å². The molecule has 2 aromatic rings. The Bertz CT molecular complexity index is 522. The third-order valence-corrected chi connectivity index (χ3v) is 3.36. The van der Waals surface area contributed by atoms with Gasteiger partial charge in [-0.1, -0.05) is 68.4 Å². The molecule has 0 amide bonds. The maximum absolute atomic E-state index is 5.85. The molecule has 2 nitrogen and oxygen atoms in total. The van der Waals surface area contributed by atoms with E-state index in [-0.39, 0.29) is 0 Å². The van der Waals surface area contributed by atoms with Crippen molar-refractivity contribution < 1.29 is 4.74 Å². The molecule has 0 spiro atoms. The van der Waals surface area contributed by atoms with Gasteiger partial charge in [-0.3, -0.25) is 0 Å². The Hall–Kier alpha value is -1.64. The number of benzene rings is 2. The van der Waals surface area contributed by atoms with Gasteiger partial charge in [0.25, 0.3) is 0 Å². The van der Waals surface area contributed by atoms with E-state index < -0.39 is 0 Å². The summed E-state index contributed by atoms with van der Waals surface area (Å²) in [4.78, 5) is 0. The highest BCUT2D eigenvalue weighted by Crippen LogP contribution is 2.11. The van der Waals surface area contributed by atoms with Crippen LogP contribution in [0.15, 0.2) is 54.6 Å². The highest BCUT2D eigenvalue weighted by Gasteiger charge is 2.02. The van der Waals surface area contributed by atoms with Crippen molar-refractivity contribution in [2.75, 3.05) is 6.54 Å². The Kier molecular flexibility index (Phi) is 6.45. The van der Waals surface area contributed by atoms with Crippen LogP contribution in [0.1, 0.15) is 30.5 Å². The summed E-state index contributed by atoms with van der Waals surface area (Å²) in [6, 6.07) is 18.8. The molecule has 0 saturated carbocycles. The van der Waals surface area contributed by atoms with Crippen LogP contribution in [0.25, 0.3) is 0 Å². The summed E-state index contributed by atoms with van der Waals surface area (Å²) in [6.07, 6.45) is 0. The first kappa shape index (κ1) is 15.7. The number of nitrogens with one attached hydrogen (secondary N) is 1. The van der Waals surface area contributed by atoms with E-state index >= 15 is 0 Å². The number of hydrogen-bond acceptors (Lipinski definition) is 2. The predicted octanol–water partition coefficient (Wildman–Crippen LogP) is 4.15. The minimum Gasteiger partial charge on any atom is -0.372 e. The van der Waals surface area contributed by atoms with Crippen LogP contribution >= 0.6 is 0 Å². The van der Waals surface area contributed by atoms with Gasteiger partial charge in [0, 0.05) is 6.54 Å². The lowest BCUT2D eigenvalue weighted by Crippen LogP contribution is -2.19. The van der Waals surface area contributed by atoms with Crippen LogP contribution in [0.2, 0.25) is 0 Å². The maximum atomic E-state index is 5.85. The van der Waals surface area contributed by atoms with E-state index in [1.165, 1.54) is 16.7 Å². The quantitative estimate of drug-likeness (QED) is 0.786. The van der Waals surface area contributed by atoms with Gasteiger partial charge in [0.1, 0.15) is 0 Å². The van der Waals surface area contributed by atoms with Gasteiger partial charge < -0.3 is 10.1 Å². The largest absolute Gasteiger partial charge is 0.372 e. The fraction of sp³-hybridized carbons (Fsp3) is 0.368. The first-order chi connectivity index (χ1) is 10.3. The normalized spacial score (nSPS) is 11.0. The molecule has 0 fully saturated rings. The molecule has 2 heteroatoms. The van der Waals surface area contributed by atoms with E-state index in [9.17, 15) is 0 Å². The SMILES string of the molecule is CC(C)CNCc1ccccc1COCc1ccccc1. The van der Waals surface area contributed by atoms with Crippen LogP contribution in [0, 0.1) is 5.92 Å². The van der Waals surface area contributed by atoms with Gasteiger partial charge in [0.15, 0.2) is 0 Å². The van der Waals surface area contributed by atoms with Crippen molar-refractivity contribution in [3.8, 4) is 0 Å². The minimum absolute atomic E-state index is 0.661. The van der Waals surface area contributed by atoms with Crippen LogP contribution < -0.4 is 5.32 Å². The number of rotatable bonds is 8. The van der Waals surface area contributed by atoms with E-state index in [1.54, 1.807) is 0 Å². The van der Waals surface area contributed by atoms with Crippen molar-refractivity contribution in [1.29, 1.82) is 0 Å². The molecule has 0 radical (unpaired) electrons. The number of ether oxygens (including phenoxy) is 1. The predicted molar refractivity (Wildman–Crippen MR) is 87.9 cm³/mol. The van der Waals surface area contributed by atoms with E-state index in [1.807, 2.05) is 18.2 Å². The smallest absolute Gasteiger partial charge is 0.0724 e. The van der Waals surface area contributed by atoms with Gasteiger partial charge in [-0.2, -0.15) is 0 Å². The first-order valence-electron chi connectivity index (χ1n) is 7.65. The molecule has 0 atom stereocenters. The molecule has 2 aromatic carbocycles. The topological polar surface area (TPSA) is 21.3 Å². The average Bonchev–Trinajstić information content (AvgIpc) is 2.49. The van der Waals surface area contributed by atoms with Gasteiger partial charge in [-0.05, 0) is 29.2 Å². The minimum atomic E-state index is 0.661. The average molecular weight is 283 g/mol.